The number of nitrogens with one attached hydrogen (secondary N) is 2. The van der Waals surface area contributed by atoms with E-state index in [0.29, 0.717) is 44.6 Å². The number of amides is 2. The van der Waals surface area contributed by atoms with Gasteiger partial charge in [-0.25, -0.2) is 9.78 Å². The maximum Gasteiger partial charge on any atom is 0.323 e. The molecule has 184 valence electrons. The molecule has 6 nitrogen and oxygen atoms in total. The Balaban J connectivity index is 1.51. The number of halogens is 2. The highest BCUT2D eigenvalue weighted by molar-refractivity contribution is 6.31. The van der Waals surface area contributed by atoms with Gasteiger partial charge in [0, 0.05) is 27.8 Å². The third-order valence-electron chi connectivity index (χ3n) is 5.86. The molecule has 0 aliphatic heterocycles. The predicted octanol–water partition coefficient (Wildman–Crippen LogP) is 6.99. The Hall–Kier alpha value is -4.13. The summed E-state index contributed by atoms with van der Waals surface area (Å²) < 4.78 is 1.65. The summed E-state index contributed by atoms with van der Waals surface area (Å²) in [4.78, 5) is 31.1. The van der Waals surface area contributed by atoms with Gasteiger partial charge in [-0.3, -0.25) is 9.36 Å². The van der Waals surface area contributed by atoms with E-state index < -0.39 is 6.03 Å². The molecule has 0 saturated carbocycles. The molecule has 0 fully saturated rings. The number of nitrogens with zero attached hydrogens (tertiary/aromatic N) is 2. The first-order valence-electron chi connectivity index (χ1n) is 11.6. The van der Waals surface area contributed by atoms with Crippen molar-refractivity contribution in [2.75, 3.05) is 10.6 Å². The molecule has 0 saturated heterocycles. The van der Waals surface area contributed by atoms with Crippen LogP contribution in [0.4, 0.5) is 16.2 Å². The van der Waals surface area contributed by atoms with Crippen molar-refractivity contribution < 1.29 is 4.79 Å². The van der Waals surface area contributed by atoms with Gasteiger partial charge in [-0.2, -0.15) is 0 Å². The van der Waals surface area contributed by atoms with E-state index in [1.807, 2.05) is 48.5 Å². The quantitative estimate of drug-likeness (QED) is 0.249. The van der Waals surface area contributed by atoms with Crippen LogP contribution in [0.15, 0.2) is 102 Å². The highest BCUT2D eigenvalue weighted by atomic mass is 35.5. The SMILES string of the molecule is O=C(Nc1cccc(Cl)c1)Nc1ccc2nc(Cc3ccccc3)n(Cc3ccccc3Cl)c(=O)c2c1. The van der Waals surface area contributed by atoms with Crippen LogP contribution in [-0.4, -0.2) is 15.6 Å². The number of rotatable bonds is 6. The maximum absolute atomic E-state index is 13.8. The minimum atomic E-state index is -0.452. The minimum absolute atomic E-state index is 0.213. The maximum atomic E-state index is 13.8. The molecule has 2 amide bonds. The monoisotopic (exact) mass is 528 g/mol. The Kier molecular flexibility index (Phi) is 7.21. The lowest BCUT2D eigenvalue weighted by Gasteiger charge is -2.15. The highest BCUT2D eigenvalue weighted by Crippen LogP contribution is 2.21. The Morgan fingerprint density at radius 3 is 2.30 bits per heavy atom. The molecule has 37 heavy (non-hydrogen) atoms. The minimum Gasteiger partial charge on any atom is -0.308 e. The molecule has 0 bridgehead atoms. The van der Waals surface area contributed by atoms with Gasteiger partial charge in [0.15, 0.2) is 0 Å². The summed E-state index contributed by atoms with van der Waals surface area (Å²) in [6.45, 7) is 0.274. The zero-order chi connectivity index (χ0) is 25.8. The fourth-order valence-electron chi connectivity index (χ4n) is 4.08. The number of fused-ring (bicyclic) bond motifs is 1. The Labute approximate surface area is 223 Å². The summed E-state index contributed by atoms with van der Waals surface area (Å²) >= 11 is 12.4. The summed E-state index contributed by atoms with van der Waals surface area (Å²) in [6.07, 6.45) is 0.485. The van der Waals surface area contributed by atoms with Crippen molar-refractivity contribution in [3.05, 3.63) is 134 Å². The lowest BCUT2D eigenvalue weighted by molar-refractivity contribution is 0.262. The smallest absolute Gasteiger partial charge is 0.308 e. The van der Waals surface area contributed by atoms with Crippen molar-refractivity contribution in [2.24, 2.45) is 0 Å². The molecule has 4 aromatic carbocycles. The van der Waals surface area contributed by atoms with E-state index in [-0.39, 0.29) is 12.1 Å². The number of carbonyl (C=O) groups is 1. The molecule has 1 aromatic heterocycles. The average molecular weight is 529 g/mol. The second kappa shape index (κ2) is 10.9. The van der Waals surface area contributed by atoms with Crippen LogP contribution in [0.5, 0.6) is 0 Å². The second-order valence-electron chi connectivity index (χ2n) is 8.49. The first-order chi connectivity index (χ1) is 18.0. The molecule has 5 aromatic rings. The van der Waals surface area contributed by atoms with Crippen LogP contribution in [0.1, 0.15) is 17.0 Å². The summed E-state index contributed by atoms with van der Waals surface area (Å²) in [7, 11) is 0. The van der Waals surface area contributed by atoms with Crippen molar-refractivity contribution in [1.29, 1.82) is 0 Å². The third kappa shape index (κ3) is 5.82. The molecule has 1 heterocycles. The Bertz CT molecular complexity index is 1650. The van der Waals surface area contributed by atoms with Crippen LogP contribution in [0.25, 0.3) is 10.9 Å². The van der Waals surface area contributed by atoms with Crippen LogP contribution in [-0.2, 0) is 13.0 Å². The number of benzene rings is 4. The standard InChI is InChI=1S/C29H22Cl2N4O2/c30-21-10-6-11-22(16-21)32-29(37)33-23-13-14-26-24(17-23)28(36)35(18-20-9-4-5-12-25(20)31)27(34-26)15-19-7-2-1-3-8-19/h1-14,16-17H,15,18H2,(H2,32,33,37). The van der Waals surface area contributed by atoms with Gasteiger partial charge in [-0.05, 0) is 53.6 Å². The third-order valence-corrected chi connectivity index (χ3v) is 6.47. The van der Waals surface area contributed by atoms with Crippen LogP contribution in [0.3, 0.4) is 0 Å². The van der Waals surface area contributed by atoms with E-state index in [1.54, 1.807) is 53.1 Å². The van der Waals surface area contributed by atoms with Gasteiger partial charge < -0.3 is 10.6 Å². The van der Waals surface area contributed by atoms with Crippen molar-refractivity contribution >= 4 is 51.5 Å². The summed E-state index contributed by atoms with van der Waals surface area (Å²) in [5.41, 5.74) is 3.21. The van der Waals surface area contributed by atoms with Gasteiger partial charge >= 0.3 is 6.03 Å². The first kappa shape index (κ1) is 24.6. The molecule has 0 radical (unpaired) electrons. The molecule has 5 rings (SSSR count). The lowest BCUT2D eigenvalue weighted by Crippen LogP contribution is -2.26. The second-order valence-corrected chi connectivity index (χ2v) is 9.34. The molecule has 8 heteroatoms. The van der Waals surface area contributed by atoms with E-state index in [9.17, 15) is 9.59 Å². The molecule has 0 aliphatic carbocycles. The van der Waals surface area contributed by atoms with Crippen molar-refractivity contribution in [3.8, 4) is 0 Å². The molecular formula is C29H22Cl2N4O2. The van der Waals surface area contributed by atoms with Crippen LogP contribution >= 0.6 is 23.2 Å². The van der Waals surface area contributed by atoms with Crippen LogP contribution in [0.2, 0.25) is 10.0 Å². The topological polar surface area (TPSA) is 76.0 Å². The number of hydrogen-bond donors (Lipinski definition) is 2. The summed E-state index contributed by atoms with van der Waals surface area (Å²) in [6, 6.07) is 28.8. The fraction of sp³-hybridized carbons (Fsp3) is 0.0690. The van der Waals surface area contributed by atoms with Gasteiger partial charge in [-0.15, -0.1) is 0 Å². The molecular weight excluding hydrogens is 507 g/mol. The van der Waals surface area contributed by atoms with Crippen molar-refractivity contribution in [2.45, 2.75) is 13.0 Å². The van der Waals surface area contributed by atoms with Crippen molar-refractivity contribution in [3.63, 3.8) is 0 Å². The zero-order valence-corrected chi connectivity index (χ0v) is 21.1. The van der Waals surface area contributed by atoms with Gasteiger partial charge in [-0.1, -0.05) is 77.8 Å². The number of carbonyl (C=O) groups excluding carboxylic acids is 1. The van der Waals surface area contributed by atoms with E-state index in [2.05, 4.69) is 10.6 Å². The number of anilines is 2. The lowest BCUT2D eigenvalue weighted by atomic mass is 10.1. The molecule has 0 unspecified atom stereocenters. The van der Waals surface area contributed by atoms with Gasteiger partial charge in [0.2, 0.25) is 0 Å². The fourth-order valence-corrected chi connectivity index (χ4v) is 4.46. The highest BCUT2D eigenvalue weighted by Gasteiger charge is 2.15. The van der Waals surface area contributed by atoms with Crippen LogP contribution in [0, 0.1) is 0 Å². The summed E-state index contributed by atoms with van der Waals surface area (Å²) in [5.74, 6) is 0.628. The van der Waals surface area contributed by atoms with E-state index in [1.165, 1.54) is 0 Å². The number of urea groups is 1. The zero-order valence-electron chi connectivity index (χ0n) is 19.6. The predicted molar refractivity (Wildman–Crippen MR) is 150 cm³/mol. The average Bonchev–Trinajstić information content (AvgIpc) is 2.88. The van der Waals surface area contributed by atoms with Gasteiger partial charge in [0.1, 0.15) is 5.82 Å². The van der Waals surface area contributed by atoms with E-state index in [4.69, 9.17) is 28.2 Å². The number of aromatic nitrogens is 2. The van der Waals surface area contributed by atoms with Crippen LogP contribution < -0.4 is 16.2 Å². The largest absolute Gasteiger partial charge is 0.323 e. The molecule has 0 aliphatic rings. The Morgan fingerprint density at radius 2 is 1.54 bits per heavy atom. The van der Waals surface area contributed by atoms with Crippen molar-refractivity contribution in [1.82, 2.24) is 9.55 Å². The number of hydrogen-bond acceptors (Lipinski definition) is 3. The molecule has 0 atom stereocenters. The van der Waals surface area contributed by atoms with Gasteiger partial charge in [0.05, 0.1) is 17.4 Å². The Morgan fingerprint density at radius 1 is 0.811 bits per heavy atom. The normalized spacial score (nSPS) is 10.9. The van der Waals surface area contributed by atoms with Gasteiger partial charge in [0.25, 0.3) is 5.56 Å². The van der Waals surface area contributed by atoms with E-state index in [0.717, 1.165) is 11.1 Å². The molecule has 0 spiro atoms. The first-order valence-corrected chi connectivity index (χ1v) is 12.4. The molecule has 2 N–H and O–H groups in total. The van der Waals surface area contributed by atoms with E-state index >= 15 is 0 Å². The summed E-state index contributed by atoms with van der Waals surface area (Å²) in [5, 5.41) is 6.99.